The third-order valence-electron chi connectivity index (χ3n) is 10.2. The van der Waals surface area contributed by atoms with E-state index in [0.29, 0.717) is 45.0 Å². The van der Waals surface area contributed by atoms with E-state index in [2.05, 4.69) is 71.7 Å². The van der Waals surface area contributed by atoms with Crippen LogP contribution < -0.4 is 0 Å². The first-order valence-electron chi connectivity index (χ1n) is 17.6. The summed E-state index contributed by atoms with van der Waals surface area (Å²) in [7, 11) is 0. The Bertz CT molecular complexity index is 3280. The van der Waals surface area contributed by atoms with Crippen molar-refractivity contribution in [1.82, 2.24) is 19.5 Å². The molecule has 0 aliphatic heterocycles. The number of aromatic nitrogens is 4. The molecule has 0 saturated carbocycles. The summed E-state index contributed by atoms with van der Waals surface area (Å²) in [6.45, 7) is 0. The Kier molecular flexibility index (Phi) is 8.31. The van der Waals surface area contributed by atoms with Crippen LogP contribution >= 0.6 is 11.6 Å². The molecule has 8 aromatic carbocycles. The Morgan fingerprint density at radius 2 is 0.875 bits per heavy atom. The van der Waals surface area contributed by atoms with Gasteiger partial charge in [-0.2, -0.15) is 21.0 Å². The van der Waals surface area contributed by atoms with Crippen LogP contribution in [0.3, 0.4) is 0 Å². The molecule has 0 spiro atoms. The fourth-order valence-electron chi connectivity index (χ4n) is 7.79. The maximum Gasteiger partial charge on any atom is 0.144 e. The third kappa shape index (κ3) is 5.19. The van der Waals surface area contributed by atoms with Crippen LogP contribution in [0.5, 0.6) is 0 Å². The minimum Gasteiger partial charge on any atom is -0.337 e. The van der Waals surface area contributed by atoms with Crippen molar-refractivity contribution in [3.8, 4) is 47.1 Å². The molecule has 9 heteroatoms. The van der Waals surface area contributed by atoms with Crippen molar-refractivity contribution in [2.24, 2.45) is 0 Å². The molecule has 0 aliphatic carbocycles. The Morgan fingerprint density at radius 1 is 0.464 bits per heavy atom. The highest BCUT2D eigenvalue weighted by molar-refractivity contribution is 6.25. The van der Waals surface area contributed by atoms with Gasteiger partial charge in [-0.15, -0.1) is 11.6 Å². The number of hydrogen-bond acceptors (Lipinski definition) is 6. The first-order chi connectivity index (χ1) is 27.6. The largest absolute Gasteiger partial charge is 0.337 e. The Hall–Kier alpha value is -8.01. The van der Waals surface area contributed by atoms with Crippen LogP contribution in [0, 0.1) is 45.3 Å². The SMILES string of the molecule is N#Cc1cccc(C#N)c1-c1nc2c3ccccc3c3ccccc3c2[nH]1.N#Cc1cccc(C#N)c1-c1nc2c3ccccc3c3ccccc3c2n1CCl. The molecule has 0 amide bonds. The summed E-state index contributed by atoms with van der Waals surface area (Å²) in [5, 5.41) is 47.0. The van der Waals surface area contributed by atoms with Crippen molar-refractivity contribution < 1.29 is 0 Å². The van der Waals surface area contributed by atoms with Gasteiger partial charge in [-0.05, 0) is 45.8 Å². The number of fused-ring (bicyclic) bond motifs is 12. The van der Waals surface area contributed by atoms with Crippen molar-refractivity contribution in [2.75, 3.05) is 0 Å². The van der Waals surface area contributed by atoms with E-state index in [1.165, 1.54) is 0 Å². The van der Waals surface area contributed by atoms with Gasteiger partial charge >= 0.3 is 0 Å². The number of benzene rings is 8. The van der Waals surface area contributed by atoms with Crippen molar-refractivity contribution >= 4 is 76.8 Å². The number of rotatable bonds is 3. The molecule has 0 unspecified atom stereocenters. The monoisotopic (exact) mass is 736 g/mol. The summed E-state index contributed by atoms with van der Waals surface area (Å²) in [6.07, 6.45) is 0. The third-order valence-corrected chi connectivity index (χ3v) is 10.4. The first kappa shape index (κ1) is 33.8. The molecule has 260 valence electrons. The van der Waals surface area contributed by atoms with Gasteiger partial charge in [0.15, 0.2) is 0 Å². The molecule has 0 atom stereocenters. The highest BCUT2D eigenvalue weighted by Crippen LogP contribution is 2.39. The van der Waals surface area contributed by atoms with Gasteiger partial charge in [-0.3, -0.25) is 0 Å². The summed E-state index contributed by atoms with van der Waals surface area (Å²) >= 11 is 6.40. The van der Waals surface area contributed by atoms with Crippen LogP contribution in [0.4, 0.5) is 0 Å². The fourth-order valence-corrected chi connectivity index (χ4v) is 8.02. The predicted octanol–water partition coefficient (Wildman–Crippen LogP) is 11.2. The van der Waals surface area contributed by atoms with E-state index in [1.807, 2.05) is 59.2 Å². The zero-order valence-corrected chi connectivity index (χ0v) is 30.2. The van der Waals surface area contributed by atoms with E-state index in [9.17, 15) is 21.0 Å². The maximum absolute atomic E-state index is 9.65. The lowest BCUT2D eigenvalue weighted by Crippen LogP contribution is -2.00. The summed E-state index contributed by atoms with van der Waals surface area (Å²) in [4.78, 5) is 13.1. The topological polar surface area (TPSA) is 142 Å². The molecule has 1 N–H and O–H groups in total. The average molecular weight is 737 g/mol. The fraction of sp³-hybridized carbons (Fsp3) is 0.0213. The lowest BCUT2D eigenvalue weighted by Gasteiger charge is -2.10. The van der Waals surface area contributed by atoms with Gasteiger partial charge < -0.3 is 9.55 Å². The van der Waals surface area contributed by atoms with E-state index in [4.69, 9.17) is 21.6 Å². The van der Waals surface area contributed by atoms with Crippen molar-refractivity contribution in [3.63, 3.8) is 0 Å². The number of aromatic amines is 1. The molecular formula is C47H25ClN8. The predicted molar refractivity (Wildman–Crippen MR) is 221 cm³/mol. The van der Waals surface area contributed by atoms with Gasteiger partial charge in [-0.25, -0.2) is 9.97 Å². The second-order valence-corrected chi connectivity index (χ2v) is 13.3. The molecule has 10 rings (SSSR count). The Labute approximate surface area is 324 Å². The number of H-pyrrole nitrogens is 1. The van der Waals surface area contributed by atoms with Gasteiger partial charge in [-0.1, -0.05) is 109 Å². The molecule has 0 saturated heterocycles. The van der Waals surface area contributed by atoms with E-state index in [-0.39, 0.29) is 6.00 Å². The minimum atomic E-state index is 0.152. The first-order valence-corrected chi connectivity index (χ1v) is 18.2. The highest BCUT2D eigenvalue weighted by Gasteiger charge is 2.22. The Morgan fingerprint density at radius 3 is 1.38 bits per heavy atom. The molecular weight excluding hydrogens is 712 g/mol. The smallest absolute Gasteiger partial charge is 0.144 e. The highest BCUT2D eigenvalue weighted by atomic mass is 35.5. The van der Waals surface area contributed by atoms with Crippen molar-refractivity contribution in [1.29, 1.82) is 21.0 Å². The molecule has 2 aromatic heterocycles. The molecule has 2 heterocycles. The minimum absolute atomic E-state index is 0.152. The quantitative estimate of drug-likeness (QED) is 0.141. The van der Waals surface area contributed by atoms with E-state index in [0.717, 1.165) is 65.2 Å². The molecule has 8 nitrogen and oxygen atoms in total. The molecule has 56 heavy (non-hydrogen) atoms. The number of hydrogen-bond donors (Lipinski definition) is 1. The van der Waals surface area contributed by atoms with Crippen LogP contribution in [-0.2, 0) is 6.00 Å². The van der Waals surface area contributed by atoms with E-state index in [1.54, 1.807) is 36.4 Å². The van der Waals surface area contributed by atoms with Crippen LogP contribution in [0.2, 0.25) is 0 Å². The summed E-state index contributed by atoms with van der Waals surface area (Å²) in [5.41, 5.74) is 6.20. The number of imidazole rings is 2. The van der Waals surface area contributed by atoms with Gasteiger partial charge in [0.05, 0.1) is 85.7 Å². The normalized spacial score (nSPS) is 10.9. The van der Waals surface area contributed by atoms with Gasteiger partial charge in [0, 0.05) is 21.5 Å². The molecule has 0 fully saturated rings. The maximum atomic E-state index is 9.65. The number of alkyl halides is 1. The lowest BCUT2D eigenvalue weighted by molar-refractivity contribution is 0.927. The number of nitrogens with zero attached hydrogens (tertiary/aromatic N) is 7. The number of nitriles is 4. The van der Waals surface area contributed by atoms with Crippen molar-refractivity contribution in [3.05, 3.63) is 156 Å². The zero-order valence-electron chi connectivity index (χ0n) is 29.4. The standard InChI is InChI=1S/C24H13ClN4.C23H12N4/c25-14-29-23-20-11-4-2-9-18(20)17-8-1-3-10-19(17)22(23)28-24(29)21-15(12-26)6-5-7-16(21)13-27;24-12-14-6-5-7-15(13-25)20(14)23-26-21-18-10-3-1-8-16(18)17-9-2-4-11-19(17)22(21)27-23/h1-11H,14H2;1-11H,(H,26,27). The molecule has 0 aliphatic rings. The van der Waals surface area contributed by atoms with E-state index >= 15 is 0 Å². The Balaban J connectivity index is 0.000000147. The van der Waals surface area contributed by atoms with Crippen LogP contribution in [-0.4, -0.2) is 19.5 Å². The summed E-state index contributed by atoms with van der Waals surface area (Å²) in [5.74, 6) is 1.07. The summed E-state index contributed by atoms with van der Waals surface area (Å²) in [6, 6.07) is 51.7. The second kappa shape index (κ2) is 13.8. The van der Waals surface area contributed by atoms with Gasteiger partial charge in [0.1, 0.15) is 11.6 Å². The molecule has 10 aromatic rings. The average Bonchev–Trinajstić information content (AvgIpc) is 3.89. The van der Waals surface area contributed by atoms with E-state index < -0.39 is 0 Å². The lowest BCUT2D eigenvalue weighted by atomic mass is 10.00. The number of nitrogens with one attached hydrogen (secondary N) is 1. The zero-order chi connectivity index (χ0) is 38.3. The number of halogens is 1. The van der Waals surface area contributed by atoms with Crippen LogP contribution in [0.15, 0.2) is 133 Å². The summed E-state index contributed by atoms with van der Waals surface area (Å²) < 4.78 is 1.89. The van der Waals surface area contributed by atoms with Gasteiger partial charge in [0.25, 0.3) is 0 Å². The van der Waals surface area contributed by atoms with Crippen LogP contribution in [0.25, 0.3) is 87.9 Å². The van der Waals surface area contributed by atoms with Gasteiger partial charge in [0.2, 0.25) is 0 Å². The van der Waals surface area contributed by atoms with Crippen LogP contribution in [0.1, 0.15) is 22.3 Å². The van der Waals surface area contributed by atoms with Crippen molar-refractivity contribution in [2.45, 2.75) is 6.00 Å². The second-order valence-electron chi connectivity index (χ2n) is 13.1. The molecule has 0 radical (unpaired) electrons. The molecule has 0 bridgehead atoms.